The van der Waals surface area contributed by atoms with Crippen LogP contribution in [0.4, 0.5) is 0 Å². The molecule has 0 bridgehead atoms. The van der Waals surface area contributed by atoms with Crippen molar-refractivity contribution in [2.24, 2.45) is 0 Å². The molecule has 0 saturated carbocycles. The molecule has 1 fully saturated rings. The molecular weight excluding hydrogens is 767 g/mol. The number of aliphatic hydroxyl groups is 5. The normalized spacial score (nSPS) is 20.4. The Hall–Kier alpha value is -1.07. The molecule has 7 atom stereocenters. The van der Waals surface area contributed by atoms with Crippen molar-refractivity contribution in [1.82, 2.24) is 5.32 Å². The molecule has 0 aromatic heterocycles. The number of amides is 1. The molecule has 1 aliphatic heterocycles. The number of ether oxygens (including phenoxy) is 2. The molecule has 0 aliphatic carbocycles. The molecule has 1 heterocycles. The van der Waals surface area contributed by atoms with Gasteiger partial charge in [0.15, 0.2) is 6.29 Å². The number of carbonyl (C=O) groups is 1. The van der Waals surface area contributed by atoms with E-state index < -0.39 is 49.5 Å². The lowest BCUT2D eigenvalue weighted by molar-refractivity contribution is -0.302. The number of hydrogen-bond donors (Lipinski definition) is 6. The summed E-state index contributed by atoms with van der Waals surface area (Å²) in [5, 5.41) is 54.3. The van der Waals surface area contributed by atoms with Crippen LogP contribution in [0, 0.1) is 0 Å². The van der Waals surface area contributed by atoms with Crippen LogP contribution in [0.15, 0.2) is 12.2 Å². The third-order valence-electron chi connectivity index (χ3n) is 12.9. The maximum atomic E-state index is 13.0. The maximum absolute atomic E-state index is 13.0. The molecule has 0 radical (unpaired) electrons. The summed E-state index contributed by atoms with van der Waals surface area (Å²) < 4.78 is 11.2. The van der Waals surface area contributed by atoms with Crippen LogP contribution in [0.3, 0.4) is 0 Å². The molecule has 362 valence electrons. The Morgan fingerprint density at radius 1 is 0.541 bits per heavy atom. The second-order valence-electron chi connectivity index (χ2n) is 18.7. The van der Waals surface area contributed by atoms with Crippen molar-refractivity contribution in [2.45, 2.75) is 301 Å². The number of hydrogen-bond acceptors (Lipinski definition) is 8. The van der Waals surface area contributed by atoms with Crippen molar-refractivity contribution in [2.75, 3.05) is 13.2 Å². The highest BCUT2D eigenvalue weighted by Gasteiger charge is 2.44. The van der Waals surface area contributed by atoms with Crippen LogP contribution in [0.2, 0.25) is 0 Å². The zero-order chi connectivity index (χ0) is 44.4. The Bertz CT molecular complexity index is 966. The third-order valence-corrected chi connectivity index (χ3v) is 12.9. The summed E-state index contributed by atoms with van der Waals surface area (Å²) in [5.41, 5.74) is 0. The van der Waals surface area contributed by atoms with Crippen LogP contribution in [0.1, 0.15) is 258 Å². The van der Waals surface area contributed by atoms with Crippen LogP contribution in [0.5, 0.6) is 0 Å². The summed E-state index contributed by atoms with van der Waals surface area (Å²) in [6.45, 7) is 3.79. The van der Waals surface area contributed by atoms with Crippen LogP contribution in [-0.4, -0.2) is 87.5 Å². The molecule has 1 aliphatic rings. The molecule has 2 unspecified atom stereocenters. The smallest absolute Gasteiger partial charge is 0.220 e. The lowest BCUT2D eigenvalue weighted by Gasteiger charge is -2.40. The van der Waals surface area contributed by atoms with E-state index in [-0.39, 0.29) is 12.5 Å². The minimum absolute atomic E-state index is 0.172. The van der Waals surface area contributed by atoms with Gasteiger partial charge in [-0.2, -0.15) is 0 Å². The van der Waals surface area contributed by atoms with E-state index in [9.17, 15) is 30.3 Å². The summed E-state index contributed by atoms with van der Waals surface area (Å²) in [6.07, 6.45) is 44.2. The van der Waals surface area contributed by atoms with Gasteiger partial charge in [0.05, 0.1) is 25.4 Å². The van der Waals surface area contributed by atoms with Gasteiger partial charge >= 0.3 is 0 Å². The van der Waals surface area contributed by atoms with Crippen LogP contribution in [0.25, 0.3) is 0 Å². The van der Waals surface area contributed by atoms with Crippen LogP contribution in [-0.2, 0) is 14.3 Å². The van der Waals surface area contributed by atoms with E-state index in [1.807, 2.05) is 6.08 Å². The molecule has 9 nitrogen and oxygen atoms in total. The zero-order valence-corrected chi connectivity index (χ0v) is 39.9. The van der Waals surface area contributed by atoms with Crippen molar-refractivity contribution in [1.29, 1.82) is 0 Å². The predicted molar refractivity (Wildman–Crippen MR) is 254 cm³/mol. The number of aliphatic hydroxyl groups excluding tert-OH is 5. The fraction of sp³-hybridized carbons (Fsp3) is 0.942. The van der Waals surface area contributed by atoms with Crippen LogP contribution >= 0.6 is 0 Å². The maximum Gasteiger partial charge on any atom is 0.220 e. The summed E-state index contributed by atoms with van der Waals surface area (Å²) in [4.78, 5) is 13.0. The SMILES string of the molecule is CCCCCCCCCCCC/C=C/[C@@H](O)[C@H](CO[C@@H]1O[C@H](CO)[C@H](O)C(O)C1O)NC(=O)CCCCCCCCCCCCCCCCCCCCCCCCCCCC. The van der Waals surface area contributed by atoms with E-state index >= 15 is 0 Å². The van der Waals surface area contributed by atoms with Gasteiger partial charge in [0.1, 0.15) is 24.4 Å². The Balaban J connectivity index is 2.18. The van der Waals surface area contributed by atoms with Gasteiger partial charge in [-0.15, -0.1) is 0 Å². The lowest BCUT2D eigenvalue weighted by Crippen LogP contribution is -2.60. The fourth-order valence-corrected chi connectivity index (χ4v) is 8.63. The molecule has 0 aromatic carbocycles. The highest BCUT2D eigenvalue weighted by Crippen LogP contribution is 2.23. The number of allylic oxidation sites excluding steroid dienone is 1. The Labute approximate surface area is 376 Å². The van der Waals surface area contributed by atoms with Crippen molar-refractivity contribution in [3.63, 3.8) is 0 Å². The van der Waals surface area contributed by atoms with Crippen molar-refractivity contribution in [3.05, 3.63) is 12.2 Å². The van der Waals surface area contributed by atoms with E-state index in [0.29, 0.717) is 6.42 Å². The van der Waals surface area contributed by atoms with Gasteiger partial charge in [-0.05, 0) is 19.3 Å². The molecule has 61 heavy (non-hydrogen) atoms. The highest BCUT2D eigenvalue weighted by molar-refractivity contribution is 5.76. The van der Waals surface area contributed by atoms with Gasteiger partial charge in [0, 0.05) is 6.42 Å². The molecule has 0 aromatic rings. The second-order valence-corrected chi connectivity index (χ2v) is 18.7. The van der Waals surface area contributed by atoms with Gasteiger partial charge in [0.25, 0.3) is 0 Å². The predicted octanol–water partition coefficient (Wildman–Crippen LogP) is 12.1. The number of carbonyl (C=O) groups excluding carboxylic acids is 1. The average molecular weight is 868 g/mol. The monoisotopic (exact) mass is 868 g/mol. The first kappa shape index (κ1) is 57.9. The molecule has 9 heteroatoms. The van der Waals surface area contributed by atoms with Gasteiger partial charge < -0.3 is 40.3 Å². The quantitative estimate of drug-likeness (QED) is 0.0262. The molecule has 1 amide bonds. The van der Waals surface area contributed by atoms with Crippen LogP contribution < -0.4 is 5.32 Å². The van der Waals surface area contributed by atoms with Gasteiger partial charge in [-0.3, -0.25) is 4.79 Å². The Morgan fingerprint density at radius 2 is 0.902 bits per heavy atom. The van der Waals surface area contributed by atoms with E-state index in [0.717, 1.165) is 38.5 Å². The van der Waals surface area contributed by atoms with Gasteiger partial charge in [-0.1, -0.05) is 244 Å². The fourth-order valence-electron chi connectivity index (χ4n) is 8.63. The van der Waals surface area contributed by atoms with Gasteiger partial charge in [-0.25, -0.2) is 0 Å². The first-order valence-electron chi connectivity index (χ1n) is 26.4. The molecular formula is C52H101NO8. The van der Waals surface area contributed by atoms with E-state index in [1.165, 1.54) is 199 Å². The van der Waals surface area contributed by atoms with E-state index in [1.54, 1.807) is 6.08 Å². The topological polar surface area (TPSA) is 149 Å². The van der Waals surface area contributed by atoms with Crippen molar-refractivity contribution in [3.8, 4) is 0 Å². The Morgan fingerprint density at radius 3 is 1.28 bits per heavy atom. The van der Waals surface area contributed by atoms with Crippen molar-refractivity contribution >= 4 is 5.91 Å². The molecule has 0 spiro atoms. The Kier molecular flexibility index (Phi) is 40.7. The summed E-state index contributed by atoms with van der Waals surface area (Å²) in [5.74, 6) is -0.172. The lowest BCUT2D eigenvalue weighted by atomic mass is 9.99. The third kappa shape index (κ3) is 33.1. The number of nitrogens with one attached hydrogen (secondary N) is 1. The average Bonchev–Trinajstić information content (AvgIpc) is 3.26. The molecule has 1 saturated heterocycles. The highest BCUT2D eigenvalue weighted by atomic mass is 16.7. The zero-order valence-electron chi connectivity index (χ0n) is 39.9. The number of unbranched alkanes of at least 4 members (excludes halogenated alkanes) is 35. The van der Waals surface area contributed by atoms with Crippen molar-refractivity contribution < 1.29 is 39.8 Å². The minimum Gasteiger partial charge on any atom is -0.394 e. The van der Waals surface area contributed by atoms with E-state index in [2.05, 4.69) is 19.2 Å². The minimum atomic E-state index is -1.56. The second kappa shape index (κ2) is 42.9. The molecule has 6 N–H and O–H groups in total. The standard InChI is InChI=1S/C52H101NO8/c1-3-5-7-9-11-13-15-17-18-19-20-21-22-23-24-25-26-27-28-29-30-32-34-36-38-40-42-48(56)53-45(44-60-52-51(59)50(58)49(57)47(43-54)61-52)46(55)41-39-37-35-33-31-16-14-12-10-8-6-4-2/h39,41,45-47,49-52,54-55,57-59H,3-38,40,42-44H2,1-2H3,(H,53,56)/b41-39+/t45-,46+,47+,49-,50?,51?,52+/m0/s1. The van der Waals surface area contributed by atoms with Gasteiger partial charge in [0.2, 0.25) is 5.91 Å². The first-order valence-corrected chi connectivity index (χ1v) is 26.4. The first-order chi connectivity index (χ1) is 29.8. The van der Waals surface area contributed by atoms with E-state index in [4.69, 9.17) is 9.47 Å². The largest absolute Gasteiger partial charge is 0.394 e. The molecule has 1 rings (SSSR count). The number of rotatable bonds is 45. The summed E-state index contributed by atoms with van der Waals surface area (Å²) in [7, 11) is 0. The summed E-state index contributed by atoms with van der Waals surface area (Å²) in [6, 6.07) is -0.798. The summed E-state index contributed by atoms with van der Waals surface area (Å²) >= 11 is 0.